The molecule has 3 nitrogen and oxygen atoms in total. The normalized spacial score (nSPS) is 12.4. The van der Waals surface area contributed by atoms with Gasteiger partial charge in [-0.3, -0.25) is 4.79 Å². The molecule has 0 aliphatic carbocycles. The number of hydrogen-bond acceptors (Lipinski definition) is 2. The Balaban J connectivity index is 2.21. The molecule has 0 heterocycles. The van der Waals surface area contributed by atoms with Crippen molar-refractivity contribution in [2.45, 2.75) is 19.9 Å². The fourth-order valence-electron chi connectivity index (χ4n) is 1.28. The molecular weight excluding hydrogens is 226 g/mol. The van der Waals surface area contributed by atoms with Gasteiger partial charge in [-0.1, -0.05) is 30.7 Å². The Kier molecular flexibility index (Phi) is 5.29. The van der Waals surface area contributed by atoms with Gasteiger partial charge in [0.1, 0.15) is 0 Å². The maximum Gasteiger partial charge on any atom is 0.306 e. The third-order valence-corrected chi connectivity index (χ3v) is 2.67. The molecule has 1 aromatic rings. The molecule has 0 saturated carbocycles. The van der Waals surface area contributed by atoms with E-state index < -0.39 is 5.97 Å². The highest BCUT2D eigenvalue weighted by Crippen LogP contribution is 2.09. The highest BCUT2D eigenvalue weighted by atomic mass is 35.5. The summed E-state index contributed by atoms with van der Waals surface area (Å²) in [4.78, 5) is 10.6. The van der Waals surface area contributed by atoms with Crippen LogP contribution in [-0.2, 0) is 11.3 Å². The van der Waals surface area contributed by atoms with Crippen LogP contribution in [0.15, 0.2) is 24.3 Å². The molecule has 0 aromatic heterocycles. The second kappa shape index (κ2) is 6.51. The van der Waals surface area contributed by atoms with Crippen molar-refractivity contribution in [3.63, 3.8) is 0 Å². The number of halogens is 1. The number of carbonyl (C=O) groups is 1. The van der Waals surface area contributed by atoms with Crippen LogP contribution in [0.2, 0.25) is 5.02 Å². The molecule has 4 heteroatoms. The van der Waals surface area contributed by atoms with Gasteiger partial charge in [-0.05, 0) is 30.7 Å². The fourth-order valence-corrected chi connectivity index (χ4v) is 1.40. The lowest BCUT2D eigenvalue weighted by Gasteiger charge is -2.07. The van der Waals surface area contributed by atoms with E-state index in [1.165, 1.54) is 0 Å². The van der Waals surface area contributed by atoms with Crippen LogP contribution in [0.1, 0.15) is 18.9 Å². The zero-order chi connectivity index (χ0) is 12.0. The summed E-state index contributed by atoms with van der Waals surface area (Å²) in [5.74, 6) is -1.04. The van der Waals surface area contributed by atoms with E-state index in [0.29, 0.717) is 13.0 Å². The van der Waals surface area contributed by atoms with E-state index in [9.17, 15) is 4.79 Å². The molecule has 1 rings (SSSR count). The zero-order valence-electron chi connectivity index (χ0n) is 9.24. The number of rotatable bonds is 6. The minimum atomic E-state index is -0.742. The van der Waals surface area contributed by atoms with E-state index in [1.807, 2.05) is 24.3 Å². The van der Waals surface area contributed by atoms with Crippen molar-refractivity contribution in [2.24, 2.45) is 5.92 Å². The minimum absolute atomic E-state index is 0.294. The quantitative estimate of drug-likeness (QED) is 0.753. The first kappa shape index (κ1) is 13.0. The van der Waals surface area contributed by atoms with Crippen LogP contribution < -0.4 is 5.32 Å². The Hall–Kier alpha value is -1.06. The molecular formula is C12H16ClNO2. The van der Waals surface area contributed by atoms with Crippen molar-refractivity contribution < 1.29 is 9.90 Å². The molecule has 0 fully saturated rings. The Morgan fingerprint density at radius 3 is 2.62 bits per heavy atom. The summed E-state index contributed by atoms with van der Waals surface area (Å²) in [5, 5.41) is 12.6. The van der Waals surface area contributed by atoms with Crippen molar-refractivity contribution >= 4 is 17.6 Å². The lowest BCUT2D eigenvalue weighted by molar-refractivity contribution is -0.141. The number of hydrogen-bond donors (Lipinski definition) is 2. The zero-order valence-corrected chi connectivity index (χ0v) is 10.00. The molecule has 2 N–H and O–H groups in total. The summed E-state index contributed by atoms with van der Waals surface area (Å²) >= 11 is 5.76. The van der Waals surface area contributed by atoms with Gasteiger partial charge in [0.05, 0.1) is 5.92 Å². The van der Waals surface area contributed by atoms with E-state index in [4.69, 9.17) is 16.7 Å². The second-order valence-electron chi connectivity index (χ2n) is 3.83. The average Bonchev–Trinajstić information content (AvgIpc) is 2.26. The number of benzene rings is 1. The number of carboxylic acid groups (broad SMARTS) is 1. The lowest BCUT2D eigenvalue weighted by atomic mass is 10.1. The standard InChI is InChI=1S/C12H16ClNO2/c1-9(12(15)16)6-7-14-8-10-2-4-11(13)5-3-10/h2-5,9,14H,6-8H2,1H3,(H,15,16). The Labute approximate surface area is 100 Å². The van der Waals surface area contributed by atoms with Gasteiger partial charge in [-0.15, -0.1) is 0 Å². The van der Waals surface area contributed by atoms with Crippen LogP contribution in [0.25, 0.3) is 0 Å². The van der Waals surface area contributed by atoms with Crippen LogP contribution in [0, 0.1) is 5.92 Å². The summed E-state index contributed by atoms with van der Waals surface area (Å²) in [6, 6.07) is 7.60. The van der Waals surface area contributed by atoms with Crippen LogP contribution in [0.5, 0.6) is 0 Å². The van der Waals surface area contributed by atoms with E-state index in [1.54, 1.807) is 6.92 Å². The molecule has 1 unspecified atom stereocenters. The van der Waals surface area contributed by atoms with Crippen LogP contribution in [0.3, 0.4) is 0 Å². The Morgan fingerprint density at radius 2 is 2.06 bits per heavy atom. The van der Waals surface area contributed by atoms with E-state index >= 15 is 0 Å². The first-order valence-corrected chi connectivity index (χ1v) is 5.65. The average molecular weight is 242 g/mol. The maximum atomic E-state index is 10.6. The van der Waals surface area contributed by atoms with Crippen molar-refractivity contribution in [1.82, 2.24) is 5.32 Å². The van der Waals surface area contributed by atoms with Gasteiger partial charge >= 0.3 is 5.97 Å². The number of nitrogens with one attached hydrogen (secondary N) is 1. The first-order valence-electron chi connectivity index (χ1n) is 5.27. The summed E-state index contributed by atoms with van der Waals surface area (Å²) in [5.41, 5.74) is 1.15. The molecule has 0 aliphatic rings. The Morgan fingerprint density at radius 1 is 1.44 bits per heavy atom. The predicted molar refractivity (Wildman–Crippen MR) is 64.6 cm³/mol. The smallest absolute Gasteiger partial charge is 0.306 e. The molecule has 0 aliphatic heterocycles. The van der Waals surface area contributed by atoms with Crippen LogP contribution in [-0.4, -0.2) is 17.6 Å². The highest BCUT2D eigenvalue weighted by Gasteiger charge is 2.09. The van der Waals surface area contributed by atoms with Crippen LogP contribution in [0.4, 0.5) is 0 Å². The highest BCUT2D eigenvalue weighted by molar-refractivity contribution is 6.30. The second-order valence-corrected chi connectivity index (χ2v) is 4.27. The van der Waals surface area contributed by atoms with Crippen molar-refractivity contribution in [1.29, 1.82) is 0 Å². The third-order valence-electron chi connectivity index (χ3n) is 2.42. The van der Waals surface area contributed by atoms with Gasteiger partial charge in [-0.2, -0.15) is 0 Å². The van der Waals surface area contributed by atoms with Gasteiger partial charge in [0, 0.05) is 11.6 Å². The van der Waals surface area contributed by atoms with Gasteiger partial charge in [0.25, 0.3) is 0 Å². The molecule has 16 heavy (non-hydrogen) atoms. The maximum absolute atomic E-state index is 10.6. The molecule has 1 atom stereocenters. The molecule has 0 bridgehead atoms. The largest absolute Gasteiger partial charge is 0.481 e. The van der Waals surface area contributed by atoms with Gasteiger partial charge in [-0.25, -0.2) is 0 Å². The molecule has 0 amide bonds. The van der Waals surface area contributed by atoms with Crippen molar-refractivity contribution in [3.05, 3.63) is 34.9 Å². The summed E-state index contributed by atoms with van der Waals surface area (Å²) in [6.45, 7) is 3.16. The number of carboxylic acids is 1. The molecule has 1 aromatic carbocycles. The monoisotopic (exact) mass is 241 g/mol. The van der Waals surface area contributed by atoms with E-state index in [-0.39, 0.29) is 5.92 Å². The number of aliphatic carboxylic acids is 1. The topological polar surface area (TPSA) is 49.3 Å². The van der Waals surface area contributed by atoms with E-state index in [0.717, 1.165) is 17.1 Å². The van der Waals surface area contributed by atoms with Gasteiger partial charge in [0.15, 0.2) is 0 Å². The lowest BCUT2D eigenvalue weighted by Crippen LogP contribution is -2.20. The van der Waals surface area contributed by atoms with Crippen molar-refractivity contribution in [2.75, 3.05) is 6.54 Å². The first-order chi connectivity index (χ1) is 7.59. The van der Waals surface area contributed by atoms with E-state index in [2.05, 4.69) is 5.32 Å². The predicted octanol–water partition coefficient (Wildman–Crippen LogP) is 2.54. The minimum Gasteiger partial charge on any atom is -0.481 e. The van der Waals surface area contributed by atoms with Gasteiger partial charge in [0.2, 0.25) is 0 Å². The van der Waals surface area contributed by atoms with Gasteiger partial charge < -0.3 is 10.4 Å². The fraction of sp³-hybridized carbons (Fsp3) is 0.417. The summed E-state index contributed by atoms with van der Waals surface area (Å²) in [6.07, 6.45) is 0.642. The SMILES string of the molecule is CC(CCNCc1ccc(Cl)cc1)C(=O)O. The third kappa shape index (κ3) is 4.64. The summed E-state index contributed by atoms with van der Waals surface area (Å²) < 4.78 is 0. The summed E-state index contributed by atoms with van der Waals surface area (Å²) in [7, 11) is 0. The molecule has 88 valence electrons. The van der Waals surface area contributed by atoms with Crippen LogP contribution >= 0.6 is 11.6 Å². The molecule has 0 saturated heterocycles. The molecule has 0 radical (unpaired) electrons. The molecule has 0 spiro atoms. The Bertz CT molecular complexity index is 337. The van der Waals surface area contributed by atoms with Crippen molar-refractivity contribution in [3.8, 4) is 0 Å².